The van der Waals surface area contributed by atoms with Crippen molar-refractivity contribution in [1.82, 2.24) is 0 Å². The lowest BCUT2D eigenvalue weighted by atomic mass is 10.0. The van der Waals surface area contributed by atoms with Crippen LogP contribution in [0.4, 0.5) is 13.2 Å². The standard InChI is InChI=1S/C7H5BrF3I/c8-6(7(9,10)11)3-1-2-5(12)4-6/h1-3H,4H2. The average Bonchev–Trinajstić information content (AvgIpc) is 1.83. The molecule has 1 unspecified atom stereocenters. The molecule has 0 aromatic rings. The van der Waals surface area contributed by atoms with E-state index in [2.05, 4.69) is 15.9 Å². The predicted octanol–water partition coefficient (Wildman–Crippen LogP) is 3.96. The van der Waals surface area contributed by atoms with Crippen molar-refractivity contribution in [2.75, 3.05) is 0 Å². The van der Waals surface area contributed by atoms with Gasteiger partial charge in [-0.1, -0.05) is 34.2 Å². The molecule has 0 aromatic carbocycles. The molecule has 68 valence electrons. The minimum Gasteiger partial charge on any atom is -0.169 e. The van der Waals surface area contributed by atoms with Gasteiger partial charge in [0.1, 0.15) is 4.32 Å². The van der Waals surface area contributed by atoms with Crippen LogP contribution in [0.25, 0.3) is 0 Å². The van der Waals surface area contributed by atoms with E-state index in [0.717, 1.165) is 6.08 Å². The van der Waals surface area contributed by atoms with Crippen LogP contribution in [0, 0.1) is 0 Å². The van der Waals surface area contributed by atoms with Crippen molar-refractivity contribution in [3.05, 3.63) is 21.8 Å². The van der Waals surface area contributed by atoms with E-state index in [4.69, 9.17) is 0 Å². The highest BCUT2D eigenvalue weighted by atomic mass is 127. The van der Waals surface area contributed by atoms with Crippen molar-refractivity contribution in [1.29, 1.82) is 0 Å². The lowest BCUT2D eigenvalue weighted by Gasteiger charge is -2.28. The Morgan fingerprint density at radius 2 is 2.08 bits per heavy atom. The molecular formula is C7H5BrF3I. The van der Waals surface area contributed by atoms with Gasteiger partial charge < -0.3 is 0 Å². The van der Waals surface area contributed by atoms with E-state index < -0.39 is 10.5 Å². The molecule has 0 aliphatic heterocycles. The van der Waals surface area contributed by atoms with Crippen LogP contribution in [-0.2, 0) is 0 Å². The third-order valence-corrected chi connectivity index (χ3v) is 3.27. The topological polar surface area (TPSA) is 0 Å². The van der Waals surface area contributed by atoms with E-state index in [9.17, 15) is 13.2 Å². The summed E-state index contributed by atoms with van der Waals surface area (Å²) < 4.78 is 36.0. The quantitative estimate of drug-likeness (QED) is 0.457. The highest BCUT2D eigenvalue weighted by Gasteiger charge is 2.51. The number of hydrogen-bond donors (Lipinski definition) is 0. The largest absolute Gasteiger partial charge is 0.407 e. The molecular weight excluding hydrogens is 348 g/mol. The summed E-state index contributed by atoms with van der Waals surface area (Å²) in [6, 6.07) is 0. The Labute approximate surface area is 90.2 Å². The van der Waals surface area contributed by atoms with Crippen molar-refractivity contribution in [2.24, 2.45) is 0 Å². The summed E-state index contributed by atoms with van der Waals surface area (Å²) in [4.78, 5) is 0. The van der Waals surface area contributed by atoms with Gasteiger partial charge in [-0.25, -0.2) is 0 Å². The predicted molar refractivity (Wildman–Crippen MR) is 53.6 cm³/mol. The molecule has 0 amide bonds. The summed E-state index contributed by atoms with van der Waals surface area (Å²) in [5.74, 6) is 0. The third kappa shape index (κ3) is 2.04. The zero-order chi connectivity index (χ0) is 9.41. The Morgan fingerprint density at radius 3 is 2.42 bits per heavy atom. The summed E-state index contributed by atoms with van der Waals surface area (Å²) in [5.41, 5.74) is 0. The van der Waals surface area contributed by atoms with Crippen LogP contribution >= 0.6 is 38.5 Å². The van der Waals surface area contributed by atoms with Crippen LogP contribution in [0.15, 0.2) is 21.8 Å². The Morgan fingerprint density at radius 1 is 1.50 bits per heavy atom. The number of halogens is 5. The maximum absolute atomic E-state index is 12.4. The van der Waals surface area contributed by atoms with Gasteiger partial charge in [0.05, 0.1) is 0 Å². The van der Waals surface area contributed by atoms with E-state index in [1.165, 1.54) is 6.08 Å². The van der Waals surface area contributed by atoms with Gasteiger partial charge in [0.2, 0.25) is 0 Å². The van der Waals surface area contributed by atoms with Gasteiger partial charge in [0, 0.05) is 6.42 Å². The fraction of sp³-hybridized carbons (Fsp3) is 0.429. The average molecular weight is 353 g/mol. The first kappa shape index (κ1) is 10.6. The number of allylic oxidation sites excluding steroid dienone is 4. The normalized spacial score (nSPS) is 30.2. The molecule has 0 nitrogen and oxygen atoms in total. The van der Waals surface area contributed by atoms with Crippen molar-refractivity contribution >= 4 is 38.5 Å². The lowest BCUT2D eigenvalue weighted by molar-refractivity contribution is -0.145. The van der Waals surface area contributed by atoms with Crippen molar-refractivity contribution in [2.45, 2.75) is 16.9 Å². The fourth-order valence-corrected chi connectivity index (χ4v) is 2.65. The maximum Gasteiger partial charge on any atom is 0.407 e. The SMILES string of the molecule is FC(F)(F)C1(Br)C=CC=C(I)C1. The number of alkyl halides is 4. The van der Waals surface area contributed by atoms with Crippen LogP contribution in [0.2, 0.25) is 0 Å². The molecule has 0 saturated heterocycles. The lowest BCUT2D eigenvalue weighted by Crippen LogP contribution is -2.38. The van der Waals surface area contributed by atoms with Gasteiger partial charge in [-0.3, -0.25) is 0 Å². The van der Waals surface area contributed by atoms with Gasteiger partial charge >= 0.3 is 6.18 Å². The fourth-order valence-electron chi connectivity index (χ4n) is 0.863. The summed E-state index contributed by atoms with van der Waals surface area (Å²) in [5, 5.41) is 0. The molecule has 5 heteroatoms. The first-order chi connectivity index (χ1) is 5.35. The second-order valence-corrected chi connectivity index (χ2v) is 5.31. The number of hydrogen-bond acceptors (Lipinski definition) is 0. The van der Waals surface area contributed by atoms with Gasteiger partial charge in [-0.2, -0.15) is 13.2 Å². The van der Waals surface area contributed by atoms with Gasteiger partial charge in [-0.05, 0) is 26.2 Å². The Balaban J connectivity index is 2.90. The molecule has 1 aliphatic rings. The van der Waals surface area contributed by atoms with Gasteiger partial charge in [-0.15, -0.1) is 0 Å². The van der Waals surface area contributed by atoms with E-state index in [-0.39, 0.29) is 6.42 Å². The Hall–Kier alpha value is 0.480. The Bertz CT molecular complexity index is 244. The van der Waals surface area contributed by atoms with Crippen LogP contribution in [0.1, 0.15) is 6.42 Å². The minimum atomic E-state index is -4.23. The van der Waals surface area contributed by atoms with Crippen molar-refractivity contribution < 1.29 is 13.2 Å². The zero-order valence-electron chi connectivity index (χ0n) is 5.83. The van der Waals surface area contributed by atoms with Crippen LogP contribution in [0.5, 0.6) is 0 Å². The van der Waals surface area contributed by atoms with Crippen LogP contribution in [0.3, 0.4) is 0 Å². The molecule has 12 heavy (non-hydrogen) atoms. The highest BCUT2D eigenvalue weighted by molar-refractivity contribution is 14.1. The molecule has 1 atom stereocenters. The van der Waals surface area contributed by atoms with E-state index >= 15 is 0 Å². The van der Waals surface area contributed by atoms with Crippen LogP contribution < -0.4 is 0 Å². The van der Waals surface area contributed by atoms with Gasteiger partial charge in [0.15, 0.2) is 0 Å². The van der Waals surface area contributed by atoms with Crippen LogP contribution in [-0.4, -0.2) is 10.5 Å². The third-order valence-electron chi connectivity index (χ3n) is 1.53. The maximum atomic E-state index is 12.4. The molecule has 0 spiro atoms. The smallest absolute Gasteiger partial charge is 0.169 e. The minimum absolute atomic E-state index is 0.0203. The van der Waals surface area contributed by atoms with E-state index in [1.54, 1.807) is 6.08 Å². The molecule has 0 radical (unpaired) electrons. The summed E-state index contributed by atoms with van der Waals surface area (Å²) in [7, 11) is 0. The van der Waals surface area contributed by atoms with E-state index in [1.807, 2.05) is 22.6 Å². The second kappa shape index (κ2) is 3.32. The van der Waals surface area contributed by atoms with Gasteiger partial charge in [0.25, 0.3) is 0 Å². The number of rotatable bonds is 0. The summed E-state index contributed by atoms with van der Waals surface area (Å²) in [6.45, 7) is 0. The molecule has 0 bridgehead atoms. The van der Waals surface area contributed by atoms with Crippen molar-refractivity contribution in [3.8, 4) is 0 Å². The first-order valence-corrected chi connectivity index (χ1v) is 5.02. The Kier molecular flexibility index (Phi) is 2.92. The monoisotopic (exact) mass is 352 g/mol. The summed E-state index contributed by atoms with van der Waals surface area (Å²) >= 11 is 4.60. The second-order valence-electron chi connectivity index (χ2n) is 2.51. The molecule has 1 aliphatic carbocycles. The highest BCUT2D eigenvalue weighted by Crippen LogP contribution is 2.46. The van der Waals surface area contributed by atoms with Crippen molar-refractivity contribution in [3.63, 3.8) is 0 Å². The molecule has 0 heterocycles. The van der Waals surface area contributed by atoms with E-state index in [0.29, 0.717) is 3.58 Å². The zero-order valence-corrected chi connectivity index (χ0v) is 9.57. The molecule has 0 aromatic heterocycles. The molecule has 0 N–H and O–H groups in total. The first-order valence-electron chi connectivity index (χ1n) is 3.15. The summed E-state index contributed by atoms with van der Waals surface area (Å²) in [6.07, 6.45) is -0.0176. The molecule has 1 rings (SSSR count). The molecule has 0 fully saturated rings. The molecule has 0 saturated carbocycles.